The zero-order valence-corrected chi connectivity index (χ0v) is 10.8. The van der Waals surface area contributed by atoms with Crippen molar-refractivity contribution in [1.29, 1.82) is 0 Å². The Morgan fingerprint density at radius 3 is 3.06 bits per heavy atom. The van der Waals surface area contributed by atoms with Gasteiger partial charge in [0.05, 0.1) is 17.9 Å². The van der Waals surface area contributed by atoms with Gasteiger partial charge in [-0.15, -0.1) is 5.10 Å². The summed E-state index contributed by atoms with van der Waals surface area (Å²) in [5.74, 6) is 1.29. The van der Waals surface area contributed by atoms with Crippen LogP contribution in [0.25, 0.3) is 0 Å². The molecule has 0 aromatic carbocycles. The number of rotatable bonds is 4. The molecule has 1 fully saturated rings. The van der Waals surface area contributed by atoms with Gasteiger partial charge in [0, 0.05) is 12.3 Å². The van der Waals surface area contributed by atoms with Crippen LogP contribution < -0.4 is 5.32 Å². The highest BCUT2D eigenvalue weighted by molar-refractivity contribution is 8.00. The molecular weight excluding hydrogens is 220 g/mol. The first-order valence-electron chi connectivity index (χ1n) is 6.02. The zero-order valence-electron chi connectivity index (χ0n) is 10.0. The minimum absolute atomic E-state index is 0.398. The van der Waals surface area contributed by atoms with E-state index < -0.39 is 0 Å². The second kappa shape index (κ2) is 5.68. The molecule has 1 aromatic rings. The highest BCUT2D eigenvalue weighted by atomic mass is 32.2. The molecule has 0 radical (unpaired) electrons. The fraction of sp³-hybridized carbons (Fsp3) is 0.818. The SMILES string of the molecule is CCNC(c1cnnn1C)C1CCCCS1. The predicted octanol–water partition coefficient (Wildman–Crippen LogP) is 1.75. The number of nitrogens with one attached hydrogen (secondary N) is 1. The van der Waals surface area contributed by atoms with Gasteiger partial charge in [-0.3, -0.25) is 4.68 Å². The Morgan fingerprint density at radius 1 is 1.62 bits per heavy atom. The van der Waals surface area contributed by atoms with Crippen LogP contribution in [-0.2, 0) is 7.05 Å². The van der Waals surface area contributed by atoms with E-state index in [1.807, 2.05) is 17.9 Å². The van der Waals surface area contributed by atoms with Crippen molar-refractivity contribution in [3.63, 3.8) is 0 Å². The lowest BCUT2D eigenvalue weighted by Gasteiger charge is -2.30. The van der Waals surface area contributed by atoms with Crippen LogP contribution >= 0.6 is 11.8 Å². The van der Waals surface area contributed by atoms with Gasteiger partial charge in [-0.2, -0.15) is 11.8 Å². The number of hydrogen-bond donors (Lipinski definition) is 1. The van der Waals surface area contributed by atoms with Gasteiger partial charge in [0.2, 0.25) is 0 Å². The number of aromatic nitrogens is 3. The lowest BCUT2D eigenvalue weighted by Crippen LogP contribution is -2.33. The number of nitrogens with zero attached hydrogens (tertiary/aromatic N) is 3. The summed E-state index contributed by atoms with van der Waals surface area (Å²) in [7, 11) is 1.97. The molecule has 1 saturated heterocycles. The summed E-state index contributed by atoms with van der Waals surface area (Å²) in [6.45, 7) is 3.15. The standard InChI is InChI=1S/C11H20N4S/c1-3-12-11(9-8-13-14-15(9)2)10-6-4-5-7-16-10/h8,10-12H,3-7H2,1-2H3. The molecule has 2 rings (SSSR count). The van der Waals surface area contributed by atoms with E-state index in [0.29, 0.717) is 11.3 Å². The smallest absolute Gasteiger partial charge is 0.0764 e. The highest BCUT2D eigenvalue weighted by Gasteiger charge is 2.27. The van der Waals surface area contributed by atoms with Crippen molar-refractivity contribution in [3.8, 4) is 0 Å². The Balaban J connectivity index is 2.12. The average molecular weight is 240 g/mol. The third kappa shape index (κ3) is 2.58. The Hall–Kier alpha value is -0.550. The van der Waals surface area contributed by atoms with E-state index in [1.165, 1.54) is 30.7 Å². The predicted molar refractivity (Wildman–Crippen MR) is 67.5 cm³/mol. The molecule has 1 aliphatic heterocycles. The summed E-state index contributed by atoms with van der Waals surface area (Å²) in [6, 6.07) is 0.398. The molecule has 2 unspecified atom stereocenters. The topological polar surface area (TPSA) is 42.7 Å². The average Bonchev–Trinajstić information content (AvgIpc) is 2.73. The lowest BCUT2D eigenvalue weighted by molar-refractivity contribution is 0.463. The van der Waals surface area contributed by atoms with Crippen molar-refractivity contribution >= 4 is 11.8 Å². The zero-order chi connectivity index (χ0) is 11.4. The molecule has 16 heavy (non-hydrogen) atoms. The first-order valence-corrected chi connectivity index (χ1v) is 7.07. The van der Waals surface area contributed by atoms with E-state index in [0.717, 1.165) is 6.54 Å². The third-order valence-corrected chi connectivity index (χ3v) is 4.54. The van der Waals surface area contributed by atoms with Gasteiger partial charge in [-0.05, 0) is 25.1 Å². The van der Waals surface area contributed by atoms with Crippen LogP contribution in [0.5, 0.6) is 0 Å². The van der Waals surface area contributed by atoms with Crippen LogP contribution in [0.1, 0.15) is 37.9 Å². The molecule has 0 spiro atoms. The Bertz CT molecular complexity index is 320. The number of thioether (sulfide) groups is 1. The molecule has 1 aromatic heterocycles. The van der Waals surface area contributed by atoms with E-state index in [2.05, 4.69) is 34.3 Å². The van der Waals surface area contributed by atoms with Gasteiger partial charge in [-0.25, -0.2) is 0 Å². The maximum Gasteiger partial charge on any atom is 0.0764 e. The van der Waals surface area contributed by atoms with E-state index in [4.69, 9.17) is 0 Å². The van der Waals surface area contributed by atoms with Gasteiger partial charge in [0.25, 0.3) is 0 Å². The number of aryl methyl sites for hydroxylation is 1. The second-order valence-electron chi connectivity index (χ2n) is 4.22. The first-order chi connectivity index (χ1) is 7.83. The molecule has 0 amide bonds. The molecule has 2 atom stereocenters. The quantitative estimate of drug-likeness (QED) is 0.870. The van der Waals surface area contributed by atoms with Crippen molar-refractivity contribution in [3.05, 3.63) is 11.9 Å². The second-order valence-corrected chi connectivity index (χ2v) is 5.57. The first kappa shape index (κ1) is 11.9. The molecule has 1 N–H and O–H groups in total. The van der Waals surface area contributed by atoms with Crippen molar-refractivity contribution < 1.29 is 0 Å². The maximum atomic E-state index is 4.03. The van der Waals surface area contributed by atoms with Crippen LogP contribution in [0, 0.1) is 0 Å². The molecule has 5 heteroatoms. The third-order valence-electron chi connectivity index (χ3n) is 3.08. The fourth-order valence-corrected chi connectivity index (χ4v) is 3.69. The van der Waals surface area contributed by atoms with Crippen molar-refractivity contribution in [2.45, 2.75) is 37.5 Å². The minimum Gasteiger partial charge on any atom is -0.308 e. The van der Waals surface area contributed by atoms with Gasteiger partial charge in [0.1, 0.15) is 0 Å². The summed E-state index contributed by atoms with van der Waals surface area (Å²) >= 11 is 2.09. The van der Waals surface area contributed by atoms with E-state index in [-0.39, 0.29) is 0 Å². The summed E-state index contributed by atoms with van der Waals surface area (Å²) in [6.07, 6.45) is 5.91. The fourth-order valence-electron chi connectivity index (χ4n) is 2.25. The summed E-state index contributed by atoms with van der Waals surface area (Å²) < 4.78 is 1.89. The van der Waals surface area contributed by atoms with Crippen LogP contribution in [0.3, 0.4) is 0 Å². The Morgan fingerprint density at radius 2 is 2.50 bits per heavy atom. The van der Waals surface area contributed by atoms with Gasteiger partial charge >= 0.3 is 0 Å². The Labute approximate surface area is 101 Å². The van der Waals surface area contributed by atoms with Crippen LogP contribution in [0.2, 0.25) is 0 Å². The molecule has 0 saturated carbocycles. The minimum atomic E-state index is 0.398. The van der Waals surface area contributed by atoms with Gasteiger partial charge in [-0.1, -0.05) is 18.6 Å². The largest absolute Gasteiger partial charge is 0.308 e. The molecule has 4 nitrogen and oxygen atoms in total. The maximum absolute atomic E-state index is 4.03. The molecule has 0 aliphatic carbocycles. The summed E-state index contributed by atoms with van der Waals surface area (Å²) in [4.78, 5) is 0. The van der Waals surface area contributed by atoms with Crippen LogP contribution in [0.15, 0.2) is 6.20 Å². The van der Waals surface area contributed by atoms with Gasteiger partial charge in [0.15, 0.2) is 0 Å². The normalized spacial score (nSPS) is 23.2. The number of hydrogen-bond acceptors (Lipinski definition) is 4. The van der Waals surface area contributed by atoms with Crippen molar-refractivity contribution in [2.24, 2.45) is 7.05 Å². The van der Waals surface area contributed by atoms with Crippen LogP contribution in [-0.4, -0.2) is 32.5 Å². The Kier molecular flexibility index (Phi) is 4.23. The monoisotopic (exact) mass is 240 g/mol. The highest BCUT2D eigenvalue weighted by Crippen LogP contribution is 2.34. The molecule has 2 heterocycles. The van der Waals surface area contributed by atoms with Gasteiger partial charge < -0.3 is 5.32 Å². The van der Waals surface area contributed by atoms with E-state index in [1.54, 1.807) is 0 Å². The van der Waals surface area contributed by atoms with E-state index >= 15 is 0 Å². The van der Waals surface area contributed by atoms with Crippen molar-refractivity contribution in [2.75, 3.05) is 12.3 Å². The molecule has 1 aliphatic rings. The van der Waals surface area contributed by atoms with Crippen LogP contribution in [0.4, 0.5) is 0 Å². The lowest BCUT2D eigenvalue weighted by atomic mass is 10.0. The molecular formula is C11H20N4S. The molecule has 90 valence electrons. The van der Waals surface area contributed by atoms with Crippen molar-refractivity contribution in [1.82, 2.24) is 20.3 Å². The summed E-state index contributed by atoms with van der Waals surface area (Å²) in [5.41, 5.74) is 1.21. The van der Waals surface area contributed by atoms with E-state index in [9.17, 15) is 0 Å². The molecule has 0 bridgehead atoms. The summed E-state index contributed by atoms with van der Waals surface area (Å²) in [5, 5.41) is 12.3.